The Morgan fingerprint density at radius 3 is 2.50 bits per heavy atom. The molecule has 30 heavy (non-hydrogen) atoms. The van der Waals surface area contributed by atoms with Gasteiger partial charge in [-0.15, -0.1) is 0 Å². The van der Waals surface area contributed by atoms with Crippen molar-refractivity contribution in [2.45, 2.75) is 19.1 Å². The smallest absolute Gasteiger partial charge is 0.409 e. The number of nitrogens with one attached hydrogen (secondary N) is 2. The minimum atomic E-state index is -4.40. The van der Waals surface area contributed by atoms with Gasteiger partial charge in [-0.25, -0.2) is 4.79 Å². The number of ether oxygens (including phenoxy) is 1. The van der Waals surface area contributed by atoms with Gasteiger partial charge in [0.2, 0.25) is 0 Å². The van der Waals surface area contributed by atoms with Crippen molar-refractivity contribution in [3.05, 3.63) is 83.4 Å². The Hall–Kier alpha value is -3.32. The van der Waals surface area contributed by atoms with Gasteiger partial charge in [-0.05, 0) is 60.0 Å². The standard InChI is InChI=1S/C23H19F3N2O2/c24-23(25,26)18-8-5-15(6-9-18)20-3-1-2-4-21(20)30-22(29)28-19-10-7-17-14-27-12-11-16(17)13-19/h1-10,13,27H,11-12,14H2,(H,28,29). The maximum absolute atomic E-state index is 12.8. The number of alkyl halides is 3. The van der Waals surface area contributed by atoms with E-state index in [2.05, 4.69) is 10.6 Å². The van der Waals surface area contributed by atoms with Crippen molar-refractivity contribution in [3.63, 3.8) is 0 Å². The summed E-state index contributed by atoms with van der Waals surface area (Å²) in [7, 11) is 0. The topological polar surface area (TPSA) is 50.4 Å². The quantitative estimate of drug-likeness (QED) is 0.586. The Kier molecular flexibility index (Phi) is 5.46. The predicted molar refractivity (Wildman–Crippen MR) is 108 cm³/mol. The van der Waals surface area contributed by atoms with Gasteiger partial charge in [-0.1, -0.05) is 36.4 Å². The Labute approximate surface area is 171 Å². The van der Waals surface area contributed by atoms with E-state index >= 15 is 0 Å². The lowest BCUT2D eigenvalue weighted by Crippen LogP contribution is -2.24. The summed E-state index contributed by atoms with van der Waals surface area (Å²) < 4.78 is 43.9. The van der Waals surface area contributed by atoms with Gasteiger partial charge in [-0.2, -0.15) is 13.2 Å². The van der Waals surface area contributed by atoms with Crippen LogP contribution in [0.25, 0.3) is 11.1 Å². The van der Waals surface area contributed by atoms with E-state index in [9.17, 15) is 18.0 Å². The van der Waals surface area contributed by atoms with Crippen LogP contribution in [-0.2, 0) is 19.1 Å². The van der Waals surface area contributed by atoms with Gasteiger partial charge in [0.25, 0.3) is 0 Å². The van der Waals surface area contributed by atoms with Gasteiger partial charge in [0.15, 0.2) is 0 Å². The van der Waals surface area contributed by atoms with Gasteiger partial charge < -0.3 is 10.1 Å². The van der Waals surface area contributed by atoms with E-state index < -0.39 is 17.8 Å². The minimum Gasteiger partial charge on any atom is -0.409 e. The van der Waals surface area contributed by atoms with Gasteiger partial charge in [-0.3, -0.25) is 5.32 Å². The third-order valence-corrected chi connectivity index (χ3v) is 4.95. The highest BCUT2D eigenvalue weighted by Gasteiger charge is 2.30. The van der Waals surface area contributed by atoms with Gasteiger partial charge in [0.1, 0.15) is 5.75 Å². The molecule has 0 bridgehead atoms. The minimum absolute atomic E-state index is 0.261. The Morgan fingerprint density at radius 2 is 1.73 bits per heavy atom. The first-order chi connectivity index (χ1) is 14.4. The molecule has 0 atom stereocenters. The maximum Gasteiger partial charge on any atom is 0.417 e. The molecule has 0 unspecified atom stereocenters. The van der Waals surface area contributed by atoms with Crippen LogP contribution in [0.2, 0.25) is 0 Å². The zero-order valence-corrected chi connectivity index (χ0v) is 15.9. The third-order valence-electron chi connectivity index (χ3n) is 4.95. The molecule has 154 valence electrons. The fourth-order valence-electron chi connectivity index (χ4n) is 3.43. The summed E-state index contributed by atoms with van der Waals surface area (Å²) in [5.74, 6) is 0.261. The van der Waals surface area contributed by atoms with Gasteiger partial charge in [0, 0.05) is 17.8 Å². The van der Waals surface area contributed by atoms with Crippen molar-refractivity contribution in [2.75, 3.05) is 11.9 Å². The number of carbonyl (C=O) groups is 1. The van der Waals surface area contributed by atoms with E-state index in [0.29, 0.717) is 16.8 Å². The van der Waals surface area contributed by atoms with Crippen molar-refractivity contribution in [1.82, 2.24) is 5.32 Å². The number of benzene rings is 3. The highest BCUT2D eigenvalue weighted by Crippen LogP contribution is 2.34. The third kappa shape index (κ3) is 4.46. The van der Waals surface area contributed by atoms with Crippen LogP contribution in [0.1, 0.15) is 16.7 Å². The highest BCUT2D eigenvalue weighted by molar-refractivity contribution is 5.88. The monoisotopic (exact) mass is 412 g/mol. The molecule has 2 N–H and O–H groups in total. The molecule has 4 nitrogen and oxygen atoms in total. The number of halogens is 3. The van der Waals surface area contributed by atoms with E-state index in [1.54, 1.807) is 24.3 Å². The molecular weight excluding hydrogens is 393 g/mol. The number of para-hydroxylation sites is 1. The molecule has 3 aromatic carbocycles. The lowest BCUT2D eigenvalue weighted by atomic mass is 10.0. The predicted octanol–water partition coefficient (Wildman–Crippen LogP) is 5.63. The summed E-state index contributed by atoms with van der Waals surface area (Å²) in [5.41, 5.74) is 3.33. The van der Waals surface area contributed by atoms with Crippen molar-refractivity contribution < 1.29 is 22.7 Å². The molecule has 7 heteroatoms. The van der Waals surface area contributed by atoms with Crippen LogP contribution in [0.5, 0.6) is 5.75 Å². The average Bonchev–Trinajstić information content (AvgIpc) is 2.73. The van der Waals surface area contributed by atoms with E-state index in [4.69, 9.17) is 4.74 Å². The van der Waals surface area contributed by atoms with Crippen LogP contribution < -0.4 is 15.4 Å². The van der Waals surface area contributed by atoms with E-state index in [1.165, 1.54) is 23.3 Å². The number of anilines is 1. The van der Waals surface area contributed by atoms with E-state index in [0.717, 1.165) is 31.6 Å². The summed E-state index contributed by atoms with van der Waals surface area (Å²) in [6.45, 7) is 1.70. The van der Waals surface area contributed by atoms with Crippen LogP contribution in [0.15, 0.2) is 66.7 Å². The average molecular weight is 412 g/mol. The molecule has 1 aliphatic heterocycles. The first-order valence-corrected chi connectivity index (χ1v) is 9.48. The van der Waals surface area contributed by atoms with Crippen molar-refractivity contribution in [3.8, 4) is 16.9 Å². The number of hydrogen-bond acceptors (Lipinski definition) is 3. The van der Waals surface area contributed by atoms with E-state index in [1.807, 2.05) is 18.2 Å². The number of hydrogen-bond donors (Lipinski definition) is 2. The number of carbonyl (C=O) groups excluding carboxylic acids is 1. The fraction of sp³-hybridized carbons (Fsp3) is 0.174. The fourth-order valence-corrected chi connectivity index (χ4v) is 3.43. The second-order valence-electron chi connectivity index (χ2n) is 7.00. The molecule has 0 fully saturated rings. The molecule has 3 aromatic rings. The molecule has 0 saturated heterocycles. The van der Waals surface area contributed by atoms with Crippen LogP contribution >= 0.6 is 0 Å². The molecule has 1 amide bonds. The molecule has 1 aliphatic rings. The molecule has 0 saturated carbocycles. The first kappa shape index (κ1) is 20.0. The Morgan fingerprint density at radius 1 is 0.967 bits per heavy atom. The second-order valence-corrected chi connectivity index (χ2v) is 7.00. The lowest BCUT2D eigenvalue weighted by Gasteiger charge is -2.18. The van der Waals surface area contributed by atoms with Crippen LogP contribution in [-0.4, -0.2) is 12.6 Å². The SMILES string of the molecule is O=C(Nc1ccc2c(c1)CCNC2)Oc1ccccc1-c1ccc(C(F)(F)F)cc1. The molecule has 4 rings (SSSR count). The van der Waals surface area contributed by atoms with Crippen molar-refractivity contribution in [1.29, 1.82) is 0 Å². The number of rotatable bonds is 3. The molecule has 0 spiro atoms. The Balaban J connectivity index is 1.51. The molecule has 0 aromatic heterocycles. The second kappa shape index (κ2) is 8.20. The van der Waals surface area contributed by atoms with Crippen LogP contribution in [0, 0.1) is 0 Å². The first-order valence-electron chi connectivity index (χ1n) is 9.48. The zero-order chi connectivity index (χ0) is 21.1. The molecular formula is C23H19F3N2O2. The largest absolute Gasteiger partial charge is 0.417 e. The summed E-state index contributed by atoms with van der Waals surface area (Å²) in [6.07, 6.45) is -4.18. The number of fused-ring (bicyclic) bond motifs is 1. The van der Waals surface area contributed by atoms with Gasteiger partial charge in [0.05, 0.1) is 5.56 Å². The van der Waals surface area contributed by atoms with Crippen LogP contribution in [0.4, 0.5) is 23.7 Å². The van der Waals surface area contributed by atoms with Crippen LogP contribution in [0.3, 0.4) is 0 Å². The zero-order valence-electron chi connectivity index (χ0n) is 15.9. The highest BCUT2D eigenvalue weighted by atomic mass is 19.4. The van der Waals surface area contributed by atoms with Gasteiger partial charge >= 0.3 is 12.3 Å². The summed E-state index contributed by atoms with van der Waals surface area (Å²) in [5, 5.41) is 6.01. The van der Waals surface area contributed by atoms with Crippen molar-refractivity contribution >= 4 is 11.8 Å². The summed E-state index contributed by atoms with van der Waals surface area (Å²) in [4.78, 5) is 12.4. The summed E-state index contributed by atoms with van der Waals surface area (Å²) in [6, 6.07) is 17.2. The lowest BCUT2D eigenvalue weighted by molar-refractivity contribution is -0.137. The molecule has 0 radical (unpaired) electrons. The summed E-state index contributed by atoms with van der Waals surface area (Å²) >= 11 is 0. The molecule has 1 heterocycles. The number of amides is 1. The van der Waals surface area contributed by atoms with E-state index in [-0.39, 0.29) is 5.75 Å². The Bertz CT molecular complexity index is 1060. The van der Waals surface area contributed by atoms with Crippen molar-refractivity contribution in [2.24, 2.45) is 0 Å². The molecule has 0 aliphatic carbocycles. The normalized spacial score (nSPS) is 13.4. The maximum atomic E-state index is 12.8.